The van der Waals surface area contributed by atoms with Crippen LogP contribution in [0.15, 0.2) is 24.3 Å². The number of alkyl halides is 3. The van der Waals surface area contributed by atoms with Gasteiger partial charge in [0, 0.05) is 25.8 Å². The second-order valence-electron chi connectivity index (χ2n) is 4.46. The number of ether oxygens (including phenoxy) is 2. The van der Waals surface area contributed by atoms with E-state index >= 15 is 0 Å². The minimum Gasteiger partial charge on any atom is -0.406 e. The molecule has 19 heavy (non-hydrogen) atoms. The summed E-state index contributed by atoms with van der Waals surface area (Å²) in [7, 11) is 0. The van der Waals surface area contributed by atoms with Gasteiger partial charge in [-0.1, -0.05) is 12.1 Å². The van der Waals surface area contributed by atoms with Gasteiger partial charge in [0.25, 0.3) is 0 Å². The first-order valence-corrected chi connectivity index (χ1v) is 6.19. The number of hydrogen-bond donors (Lipinski definition) is 1. The zero-order valence-electron chi connectivity index (χ0n) is 10.4. The van der Waals surface area contributed by atoms with E-state index in [1.165, 1.54) is 12.1 Å². The van der Waals surface area contributed by atoms with Crippen molar-refractivity contribution in [2.24, 2.45) is 0 Å². The summed E-state index contributed by atoms with van der Waals surface area (Å²) in [5.74, 6) is -0.192. The van der Waals surface area contributed by atoms with E-state index in [0.29, 0.717) is 12.6 Å². The molecule has 1 N–H and O–H groups in total. The Morgan fingerprint density at radius 3 is 2.37 bits per heavy atom. The lowest BCUT2D eigenvalue weighted by Gasteiger charge is -2.23. The first kappa shape index (κ1) is 14.1. The molecule has 2 rings (SSSR count). The van der Waals surface area contributed by atoms with Gasteiger partial charge >= 0.3 is 6.36 Å². The second kappa shape index (κ2) is 6.25. The van der Waals surface area contributed by atoms with Crippen molar-refractivity contribution in [2.75, 3.05) is 13.2 Å². The summed E-state index contributed by atoms with van der Waals surface area (Å²) in [4.78, 5) is 0. The first-order chi connectivity index (χ1) is 9.03. The third kappa shape index (κ3) is 5.08. The van der Waals surface area contributed by atoms with Gasteiger partial charge in [-0.25, -0.2) is 0 Å². The normalized spacial score (nSPS) is 17.4. The predicted octanol–water partition coefficient (Wildman–Crippen LogP) is 2.85. The van der Waals surface area contributed by atoms with Gasteiger partial charge in [0.05, 0.1) is 0 Å². The molecule has 1 aromatic carbocycles. The zero-order chi connectivity index (χ0) is 13.7. The van der Waals surface area contributed by atoms with Gasteiger partial charge in [-0.2, -0.15) is 0 Å². The van der Waals surface area contributed by atoms with Gasteiger partial charge in [0.1, 0.15) is 5.75 Å². The van der Waals surface area contributed by atoms with Crippen LogP contribution in [-0.2, 0) is 11.3 Å². The summed E-state index contributed by atoms with van der Waals surface area (Å²) < 4.78 is 45.0. The summed E-state index contributed by atoms with van der Waals surface area (Å²) in [5.41, 5.74) is 0.931. The molecular weight excluding hydrogens is 259 g/mol. The van der Waals surface area contributed by atoms with E-state index in [1.54, 1.807) is 12.1 Å². The molecule has 106 valence electrons. The third-order valence-corrected chi connectivity index (χ3v) is 2.97. The van der Waals surface area contributed by atoms with E-state index < -0.39 is 6.36 Å². The highest BCUT2D eigenvalue weighted by molar-refractivity contribution is 5.27. The molecule has 1 aliphatic heterocycles. The molecule has 1 saturated heterocycles. The molecule has 0 unspecified atom stereocenters. The highest BCUT2D eigenvalue weighted by Crippen LogP contribution is 2.22. The van der Waals surface area contributed by atoms with E-state index in [0.717, 1.165) is 31.6 Å². The topological polar surface area (TPSA) is 30.5 Å². The first-order valence-electron chi connectivity index (χ1n) is 6.19. The number of halogens is 3. The Morgan fingerprint density at radius 2 is 1.79 bits per heavy atom. The van der Waals surface area contributed by atoms with Crippen LogP contribution in [0.1, 0.15) is 18.4 Å². The van der Waals surface area contributed by atoms with Crippen LogP contribution >= 0.6 is 0 Å². The molecular formula is C13H16F3NO2. The predicted molar refractivity (Wildman–Crippen MR) is 63.8 cm³/mol. The van der Waals surface area contributed by atoms with Crippen molar-refractivity contribution in [2.45, 2.75) is 31.8 Å². The average Bonchev–Trinajstić information content (AvgIpc) is 2.37. The lowest BCUT2D eigenvalue weighted by atomic mass is 10.1. The smallest absolute Gasteiger partial charge is 0.406 e. The number of benzene rings is 1. The fourth-order valence-corrected chi connectivity index (χ4v) is 1.97. The second-order valence-corrected chi connectivity index (χ2v) is 4.46. The number of rotatable bonds is 4. The Kier molecular flexibility index (Phi) is 4.66. The molecule has 0 bridgehead atoms. The van der Waals surface area contributed by atoms with Crippen LogP contribution in [0.5, 0.6) is 5.75 Å². The Balaban J connectivity index is 1.81. The van der Waals surface area contributed by atoms with E-state index in [2.05, 4.69) is 10.1 Å². The van der Waals surface area contributed by atoms with Crippen LogP contribution in [0.25, 0.3) is 0 Å². The summed E-state index contributed by atoms with van der Waals surface area (Å²) in [6, 6.07) is 6.34. The lowest BCUT2D eigenvalue weighted by molar-refractivity contribution is -0.274. The Morgan fingerprint density at radius 1 is 1.16 bits per heavy atom. The maximum atomic E-state index is 12.0. The van der Waals surface area contributed by atoms with Crippen LogP contribution in [0.3, 0.4) is 0 Å². The maximum Gasteiger partial charge on any atom is 0.573 e. The quantitative estimate of drug-likeness (QED) is 0.916. The van der Waals surface area contributed by atoms with Crippen LogP contribution in [0.4, 0.5) is 13.2 Å². The van der Waals surface area contributed by atoms with Crippen molar-refractivity contribution in [1.29, 1.82) is 0 Å². The van der Waals surface area contributed by atoms with E-state index in [9.17, 15) is 13.2 Å². The van der Waals surface area contributed by atoms with E-state index in [4.69, 9.17) is 4.74 Å². The van der Waals surface area contributed by atoms with Crippen LogP contribution in [0, 0.1) is 0 Å². The van der Waals surface area contributed by atoms with Gasteiger partial charge in [0.15, 0.2) is 0 Å². The highest BCUT2D eigenvalue weighted by atomic mass is 19.4. The van der Waals surface area contributed by atoms with Crippen molar-refractivity contribution in [3.63, 3.8) is 0 Å². The Labute approximate surface area is 109 Å². The summed E-state index contributed by atoms with van der Waals surface area (Å²) in [6.07, 6.45) is -2.70. The fraction of sp³-hybridized carbons (Fsp3) is 0.538. The maximum absolute atomic E-state index is 12.0. The highest BCUT2D eigenvalue weighted by Gasteiger charge is 2.30. The fourth-order valence-electron chi connectivity index (χ4n) is 1.97. The van der Waals surface area contributed by atoms with Crippen molar-refractivity contribution < 1.29 is 22.6 Å². The molecule has 0 amide bonds. The molecule has 1 heterocycles. The summed E-state index contributed by atoms with van der Waals surface area (Å²) >= 11 is 0. The molecule has 0 atom stereocenters. The zero-order valence-corrected chi connectivity index (χ0v) is 10.4. The molecule has 1 fully saturated rings. The Bertz CT molecular complexity index is 386. The van der Waals surface area contributed by atoms with Gasteiger partial charge in [-0.3, -0.25) is 0 Å². The van der Waals surface area contributed by atoms with Gasteiger partial charge in [-0.05, 0) is 30.5 Å². The third-order valence-electron chi connectivity index (χ3n) is 2.97. The molecule has 0 radical (unpaired) electrons. The number of nitrogens with one attached hydrogen (secondary N) is 1. The standard InChI is InChI=1S/C13H16F3NO2/c14-13(15,16)19-12-3-1-10(2-4-12)9-17-11-5-7-18-8-6-11/h1-4,11,17H,5-9H2. The molecule has 1 aliphatic rings. The van der Waals surface area contributed by atoms with Gasteiger partial charge in [-0.15, -0.1) is 13.2 Å². The molecule has 0 spiro atoms. The molecule has 1 aromatic rings. The monoisotopic (exact) mass is 275 g/mol. The summed E-state index contributed by atoms with van der Waals surface area (Å²) in [5, 5.41) is 3.36. The lowest BCUT2D eigenvalue weighted by Crippen LogP contribution is -2.34. The minimum atomic E-state index is -4.64. The van der Waals surface area contributed by atoms with Crippen LogP contribution in [0.2, 0.25) is 0 Å². The van der Waals surface area contributed by atoms with Gasteiger partial charge in [0.2, 0.25) is 0 Å². The van der Waals surface area contributed by atoms with E-state index in [1.807, 2.05) is 0 Å². The molecule has 0 aliphatic carbocycles. The molecule has 0 saturated carbocycles. The SMILES string of the molecule is FC(F)(F)Oc1ccc(CNC2CCOCC2)cc1. The largest absolute Gasteiger partial charge is 0.573 e. The number of hydrogen-bond acceptors (Lipinski definition) is 3. The van der Waals surface area contributed by atoms with Crippen molar-refractivity contribution in [1.82, 2.24) is 5.32 Å². The average molecular weight is 275 g/mol. The molecule has 3 nitrogen and oxygen atoms in total. The summed E-state index contributed by atoms with van der Waals surface area (Å²) in [6.45, 7) is 2.16. The molecule has 6 heteroatoms. The van der Waals surface area contributed by atoms with E-state index in [-0.39, 0.29) is 5.75 Å². The molecule has 0 aromatic heterocycles. The Hall–Kier alpha value is -1.27. The van der Waals surface area contributed by atoms with Crippen molar-refractivity contribution >= 4 is 0 Å². The van der Waals surface area contributed by atoms with Crippen LogP contribution in [-0.4, -0.2) is 25.6 Å². The van der Waals surface area contributed by atoms with Crippen molar-refractivity contribution in [3.05, 3.63) is 29.8 Å². The van der Waals surface area contributed by atoms with Crippen molar-refractivity contribution in [3.8, 4) is 5.75 Å². The minimum absolute atomic E-state index is 0.192. The van der Waals surface area contributed by atoms with Gasteiger partial charge < -0.3 is 14.8 Å². The van der Waals surface area contributed by atoms with Crippen LogP contribution < -0.4 is 10.1 Å².